The Hall–Kier alpha value is -0.690. The van der Waals surface area contributed by atoms with Crippen LogP contribution in [0, 0.1) is 5.92 Å². The van der Waals surface area contributed by atoms with E-state index in [2.05, 4.69) is 37.4 Å². The first kappa shape index (κ1) is 12.4. The predicted molar refractivity (Wildman–Crippen MR) is 68.6 cm³/mol. The zero-order valence-electron chi connectivity index (χ0n) is 9.59. The van der Waals surface area contributed by atoms with Gasteiger partial charge in [0.1, 0.15) is 0 Å². The Labute approximate surface area is 97.8 Å². The Morgan fingerprint density at radius 1 is 1.27 bits per heavy atom. The maximum atomic E-state index is 5.79. The summed E-state index contributed by atoms with van der Waals surface area (Å²) in [6.45, 7) is 5.54. The SMILES string of the molecule is CCC(CC)CNc1cccc(CCl)c1. The maximum Gasteiger partial charge on any atom is 0.0474 e. The summed E-state index contributed by atoms with van der Waals surface area (Å²) in [4.78, 5) is 0. The van der Waals surface area contributed by atoms with E-state index in [1.807, 2.05) is 6.07 Å². The highest BCUT2D eigenvalue weighted by Crippen LogP contribution is 2.14. The van der Waals surface area contributed by atoms with Crippen molar-refractivity contribution in [1.82, 2.24) is 0 Å². The Bertz CT molecular complexity index is 282. The summed E-state index contributed by atoms with van der Waals surface area (Å²) in [5.74, 6) is 1.35. The molecule has 0 aromatic heterocycles. The molecule has 1 aromatic carbocycles. The molecule has 0 aliphatic rings. The Morgan fingerprint density at radius 2 is 2.00 bits per heavy atom. The molecule has 0 amide bonds. The lowest BCUT2D eigenvalue weighted by atomic mass is 10.0. The number of halogens is 1. The molecule has 0 fully saturated rings. The fourth-order valence-corrected chi connectivity index (χ4v) is 1.77. The molecule has 0 aliphatic carbocycles. The maximum absolute atomic E-state index is 5.79. The van der Waals surface area contributed by atoms with Gasteiger partial charge < -0.3 is 5.32 Å². The monoisotopic (exact) mass is 225 g/mol. The van der Waals surface area contributed by atoms with Crippen molar-refractivity contribution in [3.63, 3.8) is 0 Å². The van der Waals surface area contributed by atoms with Crippen molar-refractivity contribution in [1.29, 1.82) is 0 Å². The highest BCUT2D eigenvalue weighted by Gasteiger charge is 2.02. The molecule has 0 saturated heterocycles. The van der Waals surface area contributed by atoms with Gasteiger partial charge in [0.2, 0.25) is 0 Å². The van der Waals surface area contributed by atoms with E-state index in [0.29, 0.717) is 5.88 Å². The molecular formula is C13H20ClN. The van der Waals surface area contributed by atoms with Crippen LogP contribution < -0.4 is 5.32 Å². The average Bonchev–Trinajstić information content (AvgIpc) is 2.31. The first-order chi connectivity index (χ1) is 7.30. The van der Waals surface area contributed by atoms with E-state index >= 15 is 0 Å². The summed E-state index contributed by atoms with van der Waals surface area (Å²) in [6.07, 6.45) is 2.47. The van der Waals surface area contributed by atoms with E-state index in [1.165, 1.54) is 24.1 Å². The average molecular weight is 226 g/mol. The second-order valence-corrected chi connectivity index (χ2v) is 4.16. The van der Waals surface area contributed by atoms with Gasteiger partial charge in [-0.3, -0.25) is 0 Å². The minimum atomic E-state index is 0.584. The van der Waals surface area contributed by atoms with Crippen LogP contribution in [0.3, 0.4) is 0 Å². The largest absolute Gasteiger partial charge is 0.385 e. The molecular weight excluding hydrogens is 206 g/mol. The van der Waals surface area contributed by atoms with E-state index in [4.69, 9.17) is 11.6 Å². The molecule has 1 N–H and O–H groups in total. The van der Waals surface area contributed by atoms with Crippen molar-refractivity contribution in [2.24, 2.45) is 5.92 Å². The Kier molecular flexibility index (Phi) is 5.56. The van der Waals surface area contributed by atoms with Crippen LogP contribution in [-0.2, 0) is 5.88 Å². The highest BCUT2D eigenvalue weighted by molar-refractivity contribution is 6.17. The van der Waals surface area contributed by atoms with Gasteiger partial charge >= 0.3 is 0 Å². The fraction of sp³-hybridized carbons (Fsp3) is 0.538. The number of hydrogen-bond donors (Lipinski definition) is 1. The normalized spacial score (nSPS) is 10.7. The van der Waals surface area contributed by atoms with Crippen LogP contribution in [0.1, 0.15) is 32.3 Å². The summed E-state index contributed by atoms with van der Waals surface area (Å²) in [5.41, 5.74) is 2.35. The van der Waals surface area contributed by atoms with Crippen molar-refractivity contribution in [3.8, 4) is 0 Å². The van der Waals surface area contributed by atoms with Crippen LogP contribution in [0.15, 0.2) is 24.3 Å². The Balaban J connectivity index is 2.49. The van der Waals surface area contributed by atoms with E-state index in [0.717, 1.165) is 12.5 Å². The minimum Gasteiger partial charge on any atom is -0.385 e. The van der Waals surface area contributed by atoms with Gasteiger partial charge in [-0.15, -0.1) is 11.6 Å². The summed E-state index contributed by atoms with van der Waals surface area (Å²) < 4.78 is 0. The van der Waals surface area contributed by atoms with Crippen molar-refractivity contribution in [2.75, 3.05) is 11.9 Å². The van der Waals surface area contributed by atoms with E-state index < -0.39 is 0 Å². The molecule has 0 bridgehead atoms. The van der Waals surface area contributed by atoms with Gasteiger partial charge in [-0.05, 0) is 23.6 Å². The molecule has 0 spiro atoms. The molecule has 0 radical (unpaired) electrons. The van der Waals surface area contributed by atoms with Crippen LogP contribution >= 0.6 is 11.6 Å². The predicted octanol–water partition coefficient (Wildman–Crippen LogP) is 4.27. The first-order valence-corrected chi connectivity index (χ1v) is 6.22. The third kappa shape index (κ3) is 4.13. The minimum absolute atomic E-state index is 0.584. The molecule has 2 heteroatoms. The summed E-state index contributed by atoms with van der Waals surface area (Å²) in [5, 5.41) is 3.46. The lowest BCUT2D eigenvalue weighted by Gasteiger charge is -2.14. The zero-order chi connectivity index (χ0) is 11.1. The molecule has 0 atom stereocenters. The molecule has 1 aromatic rings. The standard InChI is InChI=1S/C13H20ClN/c1-3-11(4-2)10-15-13-7-5-6-12(8-13)9-14/h5-8,11,15H,3-4,9-10H2,1-2H3. The van der Waals surface area contributed by atoms with Crippen molar-refractivity contribution >= 4 is 17.3 Å². The van der Waals surface area contributed by atoms with E-state index in [1.54, 1.807) is 0 Å². The van der Waals surface area contributed by atoms with Crippen LogP contribution in [0.2, 0.25) is 0 Å². The smallest absolute Gasteiger partial charge is 0.0474 e. The molecule has 15 heavy (non-hydrogen) atoms. The van der Waals surface area contributed by atoms with Gasteiger partial charge in [0.05, 0.1) is 0 Å². The third-order valence-electron chi connectivity index (χ3n) is 2.83. The summed E-state index contributed by atoms with van der Waals surface area (Å²) in [6, 6.07) is 8.32. The first-order valence-electron chi connectivity index (χ1n) is 5.68. The van der Waals surface area contributed by atoms with Crippen LogP contribution in [0.25, 0.3) is 0 Å². The van der Waals surface area contributed by atoms with Gasteiger partial charge in [0, 0.05) is 18.1 Å². The molecule has 0 saturated carbocycles. The quantitative estimate of drug-likeness (QED) is 0.713. The van der Waals surface area contributed by atoms with Crippen molar-refractivity contribution in [3.05, 3.63) is 29.8 Å². The topological polar surface area (TPSA) is 12.0 Å². The second-order valence-electron chi connectivity index (χ2n) is 3.90. The van der Waals surface area contributed by atoms with Gasteiger partial charge in [0.25, 0.3) is 0 Å². The lowest BCUT2D eigenvalue weighted by molar-refractivity contribution is 0.519. The molecule has 0 unspecified atom stereocenters. The highest BCUT2D eigenvalue weighted by atomic mass is 35.5. The van der Waals surface area contributed by atoms with Gasteiger partial charge in [-0.25, -0.2) is 0 Å². The molecule has 0 heterocycles. The fourth-order valence-electron chi connectivity index (χ4n) is 1.60. The van der Waals surface area contributed by atoms with Crippen molar-refractivity contribution in [2.45, 2.75) is 32.6 Å². The molecule has 1 nitrogen and oxygen atoms in total. The number of rotatable bonds is 6. The van der Waals surface area contributed by atoms with Gasteiger partial charge in [0.15, 0.2) is 0 Å². The van der Waals surface area contributed by atoms with Crippen LogP contribution in [-0.4, -0.2) is 6.54 Å². The molecule has 84 valence electrons. The Morgan fingerprint density at radius 3 is 2.60 bits per heavy atom. The van der Waals surface area contributed by atoms with E-state index in [-0.39, 0.29) is 0 Å². The second kappa shape index (κ2) is 6.73. The van der Waals surface area contributed by atoms with Gasteiger partial charge in [-0.1, -0.05) is 38.8 Å². The van der Waals surface area contributed by atoms with E-state index in [9.17, 15) is 0 Å². The zero-order valence-corrected chi connectivity index (χ0v) is 10.3. The summed E-state index contributed by atoms with van der Waals surface area (Å²) >= 11 is 5.79. The number of alkyl halides is 1. The van der Waals surface area contributed by atoms with Gasteiger partial charge in [-0.2, -0.15) is 0 Å². The van der Waals surface area contributed by atoms with Crippen LogP contribution in [0.5, 0.6) is 0 Å². The van der Waals surface area contributed by atoms with Crippen molar-refractivity contribution < 1.29 is 0 Å². The lowest BCUT2D eigenvalue weighted by Crippen LogP contribution is -2.12. The number of nitrogens with one attached hydrogen (secondary N) is 1. The number of anilines is 1. The molecule has 0 aliphatic heterocycles. The number of benzene rings is 1. The summed E-state index contributed by atoms with van der Waals surface area (Å²) in [7, 11) is 0. The molecule has 1 rings (SSSR count). The number of hydrogen-bond acceptors (Lipinski definition) is 1. The van der Waals surface area contributed by atoms with Crippen LogP contribution in [0.4, 0.5) is 5.69 Å². The third-order valence-corrected chi connectivity index (χ3v) is 3.14.